The molecular weight excluding hydrogens is 252 g/mol. The Morgan fingerprint density at radius 2 is 1.80 bits per heavy atom. The van der Waals surface area contributed by atoms with Gasteiger partial charge in [-0.25, -0.2) is 4.79 Å². The normalized spacial score (nSPS) is 10.8. The zero-order valence-electron chi connectivity index (χ0n) is 13.0. The number of hydrogen-bond acceptors (Lipinski definition) is 3. The largest absolute Gasteiger partial charge is 0.373 e. The van der Waals surface area contributed by atoms with E-state index in [1.54, 1.807) is 6.07 Å². The number of aryl methyl sites for hydroxylation is 2. The average molecular weight is 277 g/mol. The molecule has 0 spiro atoms. The van der Waals surface area contributed by atoms with Crippen molar-refractivity contribution in [2.45, 2.75) is 59.8 Å². The van der Waals surface area contributed by atoms with Gasteiger partial charge >= 0.3 is 5.97 Å². The summed E-state index contributed by atoms with van der Waals surface area (Å²) in [7, 11) is 0. The Kier molecular flexibility index (Phi) is 7.31. The molecule has 3 nitrogen and oxygen atoms in total. The van der Waals surface area contributed by atoms with E-state index in [9.17, 15) is 4.79 Å². The van der Waals surface area contributed by atoms with E-state index in [4.69, 9.17) is 9.78 Å². The highest BCUT2D eigenvalue weighted by atomic mass is 17.2. The van der Waals surface area contributed by atoms with E-state index in [2.05, 4.69) is 6.92 Å². The molecule has 0 saturated heterocycles. The molecule has 0 aromatic heterocycles. The highest BCUT2D eigenvalue weighted by Crippen LogP contribution is 2.16. The van der Waals surface area contributed by atoms with E-state index < -0.39 is 5.97 Å². The topological polar surface area (TPSA) is 35.5 Å². The number of carbonyl (C=O) groups is 1. The van der Waals surface area contributed by atoms with Crippen LogP contribution in [0, 0.1) is 20.0 Å². The van der Waals surface area contributed by atoms with Gasteiger partial charge in [0.1, 0.15) is 6.10 Å². The number of benzene rings is 1. The van der Waals surface area contributed by atoms with Crippen LogP contribution in [0.15, 0.2) is 18.2 Å². The van der Waals surface area contributed by atoms with Crippen molar-refractivity contribution in [1.29, 1.82) is 0 Å². The lowest BCUT2D eigenvalue weighted by Gasteiger charge is -2.10. The van der Waals surface area contributed by atoms with E-state index in [1.165, 1.54) is 19.3 Å². The molecule has 0 N–H and O–H groups in total. The van der Waals surface area contributed by atoms with Gasteiger partial charge in [0.05, 0.1) is 5.56 Å². The molecule has 1 rings (SSSR count). The quantitative estimate of drug-likeness (QED) is 0.384. The van der Waals surface area contributed by atoms with Crippen molar-refractivity contribution in [2.75, 3.05) is 0 Å². The fraction of sp³-hybridized carbons (Fsp3) is 0.529. The summed E-state index contributed by atoms with van der Waals surface area (Å²) in [6.07, 6.45) is 6.28. The van der Waals surface area contributed by atoms with Crippen LogP contribution in [0.2, 0.25) is 0 Å². The van der Waals surface area contributed by atoms with Crippen LogP contribution in [-0.2, 0) is 9.78 Å². The molecule has 0 aliphatic carbocycles. The molecule has 0 bridgehead atoms. The first-order valence-corrected chi connectivity index (χ1v) is 7.33. The first-order valence-electron chi connectivity index (χ1n) is 7.33. The van der Waals surface area contributed by atoms with Gasteiger partial charge in [0.15, 0.2) is 0 Å². The average Bonchev–Trinajstić information content (AvgIpc) is 2.44. The molecule has 3 heteroatoms. The Hall–Kier alpha value is -1.35. The van der Waals surface area contributed by atoms with Crippen LogP contribution in [-0.4, -0.2) is 5.97 Å². The van der Waals surface area contributed by atoms with Crippen LogP contribution in [0.1, 0.15) is 67.4 Å². The minimum atomic E-state index is -0.444. The Morgan fingerprint density at radius 3 is 2.45 bits per heavy atom. The summed E-state index contributed by atoms with van der Waals surface area (Å²) < 4.78 is 0. The lowest BCUT2D eigenvalue weighted by atomic mass is 10.1. The molecule has 0 aliphatic heterocycles. The van der Waals surface area contributed by atoms with Crippen LogP contribution in [0.5, 0.6) is 0 Å². The van der Waals surface area contributed by atoms with Crippen molar-refractivity contribution in [3.05, 3.63) is 41.0 Å². The van der Waals surface area contributed by atoms with Crippen LogP contribution < -0.4 is 0 Å². The molecule has 0 amide bonds. The first kappa shape index (κ1) is 16.7. The SMILES string of the molecule is CCCCCC[C](C)OOC(=O)c1ccc(C)c(C)c1. The van der Waals surface area contributed by atoms with Gasteiger partial charge in [-0.15, -0.1) is 0 Å². The number of unbranched alkanes of at least 4 members (excludes halogenated alkanes) is 3. The molecule has 0 fully saturated rings. The molecule has 1 radical (unpaired) electrons. The summed E-state index contributed by atoms with van der Waals surface area (Å²) in [6, 6.07) is 5.48. The molecule has 1 aromatic carbocycles. The van der Waals surface area contributed by atoms with Crippen molar-refractivity contribution in [2.24, 2.45) is 0 Å². The molecule has 0 saturated carbocycles. The Bertz CT molecular complexity index is 426. The van der Waals surface area contributed by atoms with E-state index in [1.807, 2.05) is 32.9 Å². The monoisotopic (exact) mass is 277 g/mol. The zero-order valence-corrected chi connectivity index (χ0v) is 13.0. The summed E-state index contributed by atoms with van der Waals surface area (Å²) in [6.45, 7) is 8.01. The minimum absolute atomic E-state index is 0.444. The van der Waals surface area contributed by atoms with E-state index in [0.29, 0.717) is 5.56 Å². The van der Waals surface area contributed by atoms with Crippen LogP contribution in [0.25, 0.3) is 0 Å². The van der Waals surface area contributed by atoms with E-state index >= 15 is 0 Å². The molecular formula is C17H25O3. The number of hydrogen-bond donors (Lipinski definition) is 0. The van der Waals surface area contributed by atoms with Crippen molar-refractivity contribution in [1.82, 2.24) is 0 Å². The lowest BCUT2D eigenvalue weighted by molar-refractivity contribution is -0.233. The van der Waals surface area contributed by atoms with Gasteiger partial charge in [0.25, 0.3) is 0 Å². The summed E-state index contributed by atoms with van der Waals surface area (Å²) in [5.74, 6) is -0.444. The number of rotatable bonds is 8. The molecule has 0 unspecified atom stereocenters. The molecule has 20 heavy (non-hydrogen) atoms. The fourth-order valence-electron chi connectivity index (χ4n) is 1.87. The molecule has 0 atom stereocenters. The fourth-order valence-corrected chi connectivity index (χ4v) is 1.87. The highest BCUT2D eigenvalue weighted by Gasteiger charge is 2.12. The van der Waals surface area contributed by atoms with Crippen molar-refractivity contribution >= 4 is 5.97 Å². The first-order chi connectivity index (χ1) is 9.54. The van der Waals surface area contributed by atoms with Crippen LogP contribution >= 0.6 is 0 Å². The predicted octanol–water partition coefficient (Wildman–Crippen LogP) is 4.91. The predicted molar refractivity (Wildman–Crippen MR) is 80.1 cm³/mol. The second-order valence-electron chi connectivity index (χ2n) is 5.27. The van der Waals surface area contributed by atoms with Gasteiger partial charge in [-0.2, -0.15) is 4.89 Å². The van der Waals surface area contributed by atoms with Crippen molar-refractivity contribution in [3.8, 4) is 0 Å². The van der Waals surface area contributed by atoms with Crippen LogP contribution in [0.4, 0.5) is 0 Å². The number of carbonyl (C=O) groups excluding carboxylic acids is 1. The third-order valence-electron chi connectivity index (χ3n) is 3.38. The van der Waals surface area contributed by atoms with Gasteiger partial charge in [-0.1, -0.05) is 38.7 Å². The summed E-state index contributed by atoms with van der Waals surface area (Å²) in [5.41, 5.74) is 2.74. The van der Waals surface area contributed by atoms with Crippen molar-refractivity contribution in [3.63, 3.8) is 0 Å². The maximum atomic E-state index is 11.8. The second kappa shape index (κ2) is 8.75. The molecule has 111 valence electrons. The maximum absolute atomic E-state index is 11.8. The summed E-state index contributed by atoms with van der Waals surface area (Å²) >= 11 is 0. The third-order valence-corrected chi connectivity index (χ3v) is 3.38. The van der Waals surface area contributed by atoms with Gasteiger partial charge in [0.2, 0.25) is 0 Å². The van der Waals surface area contributed by atoms with Gasteiger partial charge < -0.3 is 0 Å². The molecule has 1 aromatic rings. The zero-order chi connectivity index (χ0) is 15.0. The highest BCUT2D eigenvalue weighted by molar-refractivity contribution is 5.89. The molecule has 0 heterocycles. The smallest absolute Gasteiger partial charge is 0.292 e. The van der Waals surface area contributed by atoms with Crippen LogP contribution in [0.3, 0.4) is 0 Å². The van der Waals surface area contributed by atoms with Gasteiger partial charge in [-0.3, -0.25) is 4.89 Å². The van der Waals surface area contributed by atoms with E-state index in [-0.39, 0.29) is 0 Å². The summed E-state index contributed by atoms with van der Waals surface area (Å²) in [4.78, 5) is 21.8. The summed E-state index contributed by atoms with van der Waals surface area (Å²) in [5, 5.41) is 0. The maximum Gasteiger partial charge on any atom is 0.373 e. The Balaban J connectivity index is 2.33. The minimum Gasteiger partial charge on any atom is -0.292 e. The lowest BCUT2D eigenvalue weighted by Crippen LogP contribution is -2.09. The van der Waals surface area contributed by atoms with E-state index in [0.717, 1.165) is 30.1 Å². The molecule has 0 aliphatic rings. The van der Waals surface area contributed by atoms with Crippen molar-refractivity contribution < 1.29 is 14.6 Å². The van der Waals surface area contributed by atoms with Gasteiger partial charge in [-0.05, 0) is 50.5 Å². The van der Waals surface area contributed by atoms with Gasteiger partial charge in [0, 0.05) is 0 Å². The standard InChI is InChI=1S/C17H25O3/c1-5-6-7-8-9-15(4)19-20-17(18)16-11-10-13(2)14(3)12-16/h10-12H,5-9H2,1-4H3. The third kappa shape index (κ3) is 5.74. The Morgan fingerprint density at radius 1 is 1.05 bits per heavy atom. The second-order valence-corrected chi connectivity index (χ2v) is 5.27. The Labute approximate surface area is 122 Å².